The molecule has 0 saturated carbocycles. The van der Waals surface area contributed by atoms with Crippen molar-refractivity contribution in [2.75, 3.05) is 7.11 Å². The van der Waals surface area contributed by atoms with Crippen LogP contribution in [0.25, 0.3) is 0 Å². The van der Waals surface area contributed by atoms with E-state index in [1.165, 1.54) is 26.2 Å². The fourth-order valence-electron chi connectivity index (χ4n) is 1.20. The average molecular weight is 199 g/mol. The molecule has 0 aliphatic rings. The van der Waals surface area contributed by atoms with Crippen molar-refractivity contribution in [1.29, 1.82) is 0 Å². The van der Waals surface area contributed by atoms with Crippen LogP contribution in [0.3, 0.4) is 0 Å². The van der Waals surface area contributed by atoms with Gasteiger partial charge in [0.25, 0.3) is 0 Å². The molecule has 78 valence electrons. The number of hydrogen-bond donors (Lipinski definition) is 2. The smallest absolute Gasteiger partial charge is 0.169 e. The lowest BCUT2D eigenvalue weighted by Gasteiger charge is -2.16. The Kier molecular flexibility index (Phi) is 3.43. The summed E-state index contributed by atoms with van der Waals surface area (Å²) in [5.74, 6) is -0.373. The summed E-state index contributed by atoms with van der Waals surface area (Å²) in [6, 6.07) is 3.95. The molecule has 1 aromatic rings. The number of halogens is 1. The predicted octanol–water partition coefficient (Wildman–Crippen LogP) is 1.21. The van der Waals surface area contributed by atoms with Crippen molar-refractivity contribution in [2.45, 2.75) is 19.1 Å². The van der Waals surface area contributed by atoms with Crippen LogP contribution in [0.4, 0.5) is 4.39 Å². The molecule has 2 atom stereocenters. The minimum Gasteiger partial charge on any atom is -0.494 e. The molecule has 0 aromatic heterocycles. The zero-order valence-electron chi connectivity index (χ0n) is 8.20. The molecule has 3 N–H and O–H groups in total. The summed E-state index contributed by atoms with van der Waals surface area (Å²) in [6.45, 7) is 1.52. The molecule has 0 radical (unpaired) electrons. The van der Waals surface area contributed by atoms with E-state index in [1.54, 1.807) is 6.07 Å². The number of aliphatic hydroxyl groups excluding tert-OH is 1. The van der Waals surface area contributed by atoms with Gasteiger partial charge in [0.2, 0.25) is 0 Å². The molecule has 0 aliphatic carbocycles. The van der Waals surface area contributed by atoms with Gasteiger partial charge in [0.15, 0.2) is 11.6 Å². The van der Waals surface area contributed by atoms with Gasteiger partial charge in [-0.05, 0) is 13.0 Å². The van der Waals surface area contributed by atoms with Gasteiger partial charge in [-0.3, -0.25) is 0 Å². The Bertz CT molecular complexity index is 315. The van der Waals surface area contributed by atoms with Crippen LogP contribution in [0.1, 0.15) is 18.5 Å². The van der Waals surface area contributed by atoms with E-state index in [0.717, 1.165) is 0 Å². The molecule has 1 aromatic carbocycles. The van der Waals surface area contributed by atoms with Gasteiger partial charge in [0, 0.05) is 5.56 Å². The third-order valence-electron chi connectivity index (χ3n) is 2.09. The maximum atomic E-state index is 13.6. The first-order valence-corrected chi connectivity index (χ1v) is 4.34. The number of nitrogens with two attached hydrogens (primary N) is 1. The normalized spacial score (nSPS) is 14.9. The number of aliphatic hydroxyl groups is 1. The predicted molar refractivity (Wildman–Crippen MR) is 51.6 cm³/mol. The Labute approximate surface area is 82.3 Å². The second-order valence-electron chi connectivity index (χ2n) is 3.13. The zero-order chi connectivity index (χ0) is 10.7. The minimum absolute atomic E-state index is 0.138. The van der Waals surface area contributed by atoms with Crippen molar-refractivity contribution < 1.29 is 14.2 Å². The lowest BCUT2D eigenvalue weighted by Crippen LogP contribution is -2.24. The van der Waals surface area contributed by atoms with Crippen molar-refractivity contribution in [3.8, 4) is 5.75 Å². The van der Waals surface area contributed by atoms with Gasteiger partial charge < -0.3 is 15.6 Å². The first kappa shape index (κ1) is 10.9. The molecule has 0 fully saturated rings. The standard InChI is InChI=1S/C10H14FNO2/c1-6(13)10(12)7-4-3-5-8(14-2)9(7)11/h3-6,10,13H,12H2,1-2H3/t6-,10-/m1/s1. The number of rotatable bonds is 3. The molecule has 0 unspecified atom stereocenters. The maximum Gasteiger partial charge on any atom is 0.169 e. The van der Waals surface area contributed by atoms with Crippen LogP contribution >= 0.6 is 0 Å². The molecule has 14 heavy (non-hydrogen) atoms. The van der Waals surface area contributed by atoms with Crippen LogP contribution in [0, 0.1) is 5.82 Å². The molecule has 4 heteroatoms. The van der Waals surface area contributed by atoms with Crippen molar-refractivity contribution in [3.63, 3.8) is 0 Å². The molecule has 0 spiro atoms. The summed E-state index contributed by atoms with van der Waals surface area (Å²) in [4.78, 5) is 0. The van der Waals surface area contributed by atoms with E-state index in [0.29, 0.717) is 0 Å². The van der Waals surface area contributed by atoms with E-state index in [9.17, 15) is 9.50 Å². The lowest BCUT2D eigenvalue weighted by molar-refractivity contribution is 0.162. The highest BCUT2D eigenvalue weighted by Crippen LogP contribution is 2.25. The summed E-state index contributed by atoms with van der Waals surface area (Å²) < 4.78 is 18.4. The second-order valence-corrected chi connectivity index (χ2v) is 3.13. The number of hydrogen-bond acceptors (Lipinski definition) is 3. The Morgan fingerprint density at radius 1 is 1.50 bits per heavy atom. The zero-order valence-corrected chi connectivity index (χ0v) is 8.20. The van der Waals surface area contributed by atoms with Crippen LogP contribution in [0.15, 0.2) is 18.2 Å². The Hall–Kier alpha value is -1.13. The Morgan fingerprint density at radius 2 is 2.14 bits per heavy atom. The largest absolute Gasteiger partial charge is 0.494 e. The third-order valence-corrected chi connectivity index (χ3v) is 2.09. The van der Waals surface area contributed by atoms with Crippen LogP contribution < -0.4 is 10.5 Å². The monoisotopic (exact) mass is 199 g/mol. The molecule has 3 nitrogen and oxygen atoms in total. The van der Waals surface area contributed by atoms with Gasteiger partial charge in [-0.15, -0.1) is 0 Å². The van der Waals surface area contributed by atoms with Gasteiger partial charge in [0.05, 0.1) is 19.3 Å². The van der Waals surface area contributed by atoms with Gasteiger partial charge in [-0.1, -0.05) is 12.1 Å². The third kappa shape index (κ3) is 2.02. The summed E-state index contributed by atoms with van der Waals surface area (Å²) in [6.07, 6.45) is -0.795. The van der Waals surface area contributed by atoms with Crippen LogP contribution in [0.5, 0.6) is 5.75 Å². The topological polar surface area (TPSA) is 55.5 Å². The summed E-state index contributed by atoms with van der Waals surface area (Å²) in [5, 5.41) is 9.23. The molecular weight excluding hydrogens is 185 g/mol. The second kappa shape index (κ2) is 4.39. The SMILES string of the molecule is COc1cccc([C@H](N)[C@@H](C)O)c1F. The highest BCUT2D eigenvalue weighted by molar-refractivity contribution is 5.33. The van der Waals surface area contributed by atoms with Crippen molar-refractivity contribution in [1.82, 2.24) is 0 Å². The van der Waals surface area contributed by atoms with Gasteiger partial charge in [-0.25, -0.2) is 4.39 Å². The molecular formula is C10H14FNO2. The first-order chi connectivity index (χ1) is 6.57. The molecule has 0 amide bonds. The fourth-order valence-corrected chi connectivity index (χ4v) is 1.20. The Morgan fingerprint density at radius 3 is 2.64 bits per heavy atom. The van der Waals surface area contributed by atoms with Gasteiger partial charge >= 0.3 is 0 Å². The average Bonchev–Trinajstić information content (AvgIpc) is 2.17. The van der Waals surface area contributed by atoms with E-state index >= 15 is 0 Å². The van der Waals surface area contributed by atoms with E-state index in [2.05, 4.69) is 0 Å². The summed E-state index contributed by atoms with van der Waals surface area (Å²) >= 11 is 0. The highest BCUT2D eigenvalue weighted by atomic mass is 19.1. The number of benzene rings is 1. The minimum atomic E-state index is -0.795. The van der Waals surface area contributed by atoms with Crippen LogP contribution in [0.2, 0.25) is 0 Å². The van der Waals surface area contributed by atoms with Gasteiger partial charge in [-0.2, -0.15) is 0 Å². The highest BCUT2D eigenvalue weighted by Gasteiger charge is 2.18. The van der Waals surface area contributed by atoms with E-state index in [1.807, 2.05) is 0 Å². The number of methoxy groups -OCH3 is 1. The summed E-state index contributed by atoms with van der Waals surface area (Å²) in [5.41, 5.74) is 5.88. The Balaban J connectivity index is 3.09. The molecule has 0 aliphatic heterocycles. The molecule has 0 saturated heterocycles. The molecule has 1 rings (SSSR count). The number of ether oxygens (including phenoxy) is 1. The molecule has 0 heterocycles. The fraction of sp³-hybridized carbons (Fsp3) is 0.400. The van der Waals surface area contributed by atoms with Crippen LogP contribution in [-0.4, -0.2) is 18.3 Å². The maximum absolute atomic E-state index is 13.6. The molecule has 0 bridgehead atoms. The van der Waals surface area contributed by atoms with Crippen molar-refractivity contribution in [3.05, 3.63) is 29.6 Å². The quantitative estimate of drug-likeness (QED) is 0.769. The first-order valence-electron chi connectivity index (χ1n) is 4.34. The van der Waals surface area contributed by atoms with E-state index in [-0.39, 0.29) is 11.3 Å². The van der Waals surface area contributed by atoms with Crippen molar-refractivity contribution >= 4 is 0 Å². The van der Waals surface area contributed by atoms with Crippen molar-refractivity contribution in [2.24, 2.45) is 5.73 Å². The van der Waals surface area contributed by atoms with Gasteiger partial charge in [0.1, 0.15) is 0 Å². The van der Waals surface area contributed by atoms with E-state index in [4.69, 9.17) is 10.5 Å². The summed E-state index contributed by atoms with van der Waals surface area (Å²) in [7, 11) is 1.39. The van der Waals surface area contributed by atoms with E-state index < -0.39 is 18.0 Å². The lowest BCUT2D eigenvalue weighted by atomic mass is 10.0. The van der Waals surface area contributed by atoms with Crippen LogP contribution in [-0.2, 0) is 0 Å².